The van der Waals surface area contributed by atoms with Crippen molar-refractivity contribution in [2.75, 3.05) is 12.0 Å². The predicted octanol–water partition coefficient (Wildman–Crippen LogP) is 3.58. The van der Waals surface area contributed by atoms with E-state index in [0.717, 1.165) is 16.2 Å². The average Bonchev–Trinajstić information content (AvgIpc) is 3.27. The summed E-state index contributed by atoms with van der Waals surface area (Å²) in [5.74, 6) is -1.65. The number of amides is 3. The van der Waals surface area contributed by atoms with E-state index in [1.807, 2.05) is 0 Å². The second-order valence-corrected chi connectivity index (χ2v) is 8.72. The van der Waals surface area contributed by atoms with Gasteiger partial charge < -0.3 is 9.30 Å². The van der Waals surface area contributed by atoms with Crippen LogP contribution in [0.4, 0.5) is 5.69 Å². The lowest BCUT2D eigenvalue weighted by molar-refractivity contribution is -0.141. The maximum atomic E-state index is 12.8. The van der Waals surface area contributed by atoms with Crippen LogP contribution in [0.3, 0.4) is 0 Å². The highest BCUT2D eigenvalue weighted by atomic mass is 35.5. The molecule has 32 heavy (non-hydrogen) atoms. The molecule has 164 valence electrons. The zero-order valence-electron chi connectivity index (χ0n) is 16.6. The Morgan fingerprint density at radius 1 is 1.09 bits per heavy atom. The standard InChI is InChI=1S/C21H15Cl2N3O5S/c1-31-18(29)10-25-19-14(23)8-12(22)9-15(19)32-21(25)24-20(30)11-2-4-13(5-3-11)26-16(27)6-7-17(26)28/h2-5,8-9H,6-7,10H2,1H3. The summed E-state index contributed by atoms with van der Waals surface area (Å²) in [6, 6.07) is 9.23. The van der Waals surface area contributed by atoms with Crippen LogP contribution in [0, 0.1) is 0 Å². The summed E-state index contributed by atoms with van der Waals surface area (Å²) in [7, 11) is 1.26. The maximum Gasteiger partial charge on any atom is 0.325 e. The molecule has 1 aromatic heterocycles. The number of carbonyl (C=O) groups is 4. The Kier molecular flexibility index (Phi) is 6.14. The van der Waals surface area contributed by atoms with Crippen molar-refractivity contribution in [1.29, 1.82) is 0 Å². The molecular formula is C21H15Cl2N3O5S. The quantitative estimate of drug-likeness (QED) is 0.410. The number of benzene rings is 2. The van der Waals surface area contributed by atoms with Gasteiger partial charge in [-0.15, -0.1) is 0 Å². The molecule has 0 spiro atoms. The first-order valence-electron chi connectivity index (χ1n) is 9.38. The molecular weight excluding hydrogens is 477 g/mol. The minimum atomic E-state index is -0.567. The molecule has 3 aromatic rings. The van der Waals surface area contributed by atoms with Gasteiger partial charge in [-0.25, -0.2) is 0 Å². The predicted molar refractivity (Wildman–Crippen MR) is 120 cm³/mol. The molecule has 0 atom stereocenters. The number of ether oxygens (including phenoxy) is 1. The number of anilines is 1. The lowest BCUT2D eigenvalue weighted by Crippen LogP contribution is -2.28. The number of imide groups is 1. The van der Waals surface area contributed by atoms with Crippen molar-refractivity contribution in [3.8, 4) is 0 Å². The van der Waals surface area contributed by atoms with Gasteiger partial charge in [0.2, 0.25) is 11.8 Å². The van der Waals surface area contributed by atoms with Crippen LogP contribution in [-0.4, -0.2) is 35.4 Å². The van der Waals surface area contributed by atoms with Crippen molar-refractivity contribution in [3.63, 3.8) is 0 Å². The molecule has 1 aliphatic rings. The van der Waals surface area contributed by atoms with Crippen LogP contribution in [0.2, 0.25) is 10.0 Å². The summed E-state index contributed by atoms with van der Waals surface area (Å²) in [6.07, 6.45) is 0.348. The van der Waals surface area contributed by atoms with E-state index in [-0.39, 0.29) is 41.6 Å². The Morgan fingerprint density at radius 2 is 1.75 bits per heavy atom. The third-order valence-corrected chi connectivity index (χ3v) is 6.36. The maximum absolute atomic E-state index is 12.8. The van der Waals surface area contributed by atoms with E-state index < -0.39 is 11.9 Å². The molecule has 1 aliphatic heterocycles. The second-order valence-electron chi connectivity index (χ2n) is 6.87. The number of carbonyl (C=O) groups excluding carboxylic acids is 4. The lowest BCUT2D eigenvalue weighted by atomic mass is 10.2. The molecule has 0 N–H and O–H groups in total. The molecule has 1 saturated heterocycles. The van der Waals surface area contributed by atoms with Gasteiger partial charge in [-0.3, -0.25) is 24.1 Å². The number of aromatic nitrogens is 1. The molecule has 8 nitrogen and oxygen atoms in total. The Bertz CT molecular complexity index is 1330. The van der Waals surface area contributed by atoms with Gasteiger partial charge in [-0.05, 0) is 36.4 Å². The fourth-order valence-electron chi connectivity index (χ4n) is 3.32. The van der Waals surface area contributed by atoms with Gasteiger partial charge in [-0.1, -0.05) is 34.5 Å². The van der Waals surface area contributed by atoms with Crippen LogP contribution >= 0.6 is 34.5 Å². The normalized spacial score (nSPS) is 14.5. The van der Waals surface area contributed by atoms with E-state index in [2.05, 4.69) is 4.99 Å². The fraction of sp³-hybridized carbons (Fsp3) is 0.190. The fourth-order valence-corrected chi connectivity index (χ4v) is 5.13. The van der Waals surface area contributed by atoms with Crippen LogP contribution in [0.1, 0.15) is 23.2 Å². The lowest BCUT2D eigenvalue weighted by Gasteiger charge is -2.13. The number of rotatable bonds is 4. The van der Waals surface area contributed by atoms with Gasteiger partial charge in [0.1, 0.15) is 6.54 Å². The van der Waals surface area contributed by atoms with Gasteiger partial charge >= 0.3 is 5.97 Å². The third-order valence-electron chi connectivity index (χ3n) is 4.83. The number of nitrogens with zero attached hydrogens (tertiary/aromatic N) is 3. The molecule has 2 heterocycles. The molecule has 0 bridgehead atoms. The first kappa shape index (κ1) is 22.2. The number of hydrogen-bond donors (Lipinski definition) is 0. The van der Waals surface area contributed by atoms with Gasteiger partial charge in [0.25, 0.3) is 5.91 Å². The van der Waals surface area contributed by atoms with Crippen molar-refractivity contribution < 1.29 is 23.9 Å². The zero-order valence-corrected chi connectivity index (χ0v) is 19.0. The highest BCUT2D eigenvalue weighted by Gasteiger charge is 2.30. The van der Waals surface area contributed by atoms with Crippen LogP contribution < -0.4 is 9.70 Å². The Hall–Kier alpha value is -3.01. The van der Waals surface area contributed by atoms with Crippen molar-refractivity contribution >= 4 is 74.1 Å². The van der Waals surface area contributed by atoms with Crippen molar-refractivity contribution in [1.82, 2.24) is 4.57 Å². The van der Waals surface area contributed by atoms with E-state index in [4.69, 9.17) is 27.9 Å². The van der Waals surface area contributed by atoms with Gasteiger partial charge in [0.05, 0.1) is 28.0 Å². The molecule has 11 heteroatoms. The molecule has 3 amide bonds. The average molecular weight is 492 g/mol. The summed E-state index contributed by atoms with van der Waals surface area (Å²) in [5, 5.41) is 0.722. The van der Waals surface area contributed by atoms with E-state index in [1.165, 1.54) is 42.0 Å². The largest absolute Gasteiger partial charge is 0.468 e. The highest BCUT2D eigenvalue weighted by Crippen LogP contribution is 2.30. The highest BCUT2D eigenvalue weighted by molar-refractivity contribution is 7.16. The SMILES string of the molecule is COC(=O)Cn1c(=NC(=O)c2ccc(N3C(=O)CCC3=O)cc2)sc2cc(Cl)cc(Cl)c21. The van der Waals surface area contributed by atoms with Crippen molar-refractivity contribution in [2.24, 2.45) is 4.99 Å². The first-order chi connectivity index (χ1) is 15.3. The molecule has 0 aliphatic carbocycles. The number of thiazole rings is 1. The number of esters is 1. The number of halogens is 2. The third kappa shape index (κ3) is 4.19. The number of methoxy groups -OCH3 is 1. The smallest absolute Gasteiger partial charge is 0.325 e. The van der Waals surface area contributed by atoms with Crippen LogP contribution in [0.15, 0.2) is 41.4 Å². The topological polar surface area (TPSA) is 98.0 Å². The molecule has 0 radical (unpaired) electrons. The molecule has 0 saturated carbocycles. The van der Waals surface area contributed by atoms with Crippen molar-refractivity contribution in [3.05, 3.63) is 56.8 Å². The summed E-state index contributed by atoms with van der Waals surface area (Å²) in [4.78, 5) is 54.0. The van der Waals surface area contributed by atoms with Crippen LogP contribution in [0.25, 0.3) is 10.2 Å². The first-order valence-corrected chi connectivity index (χ1v) is 11.0. The van der Waals surface area contributed by atoms with E-state index in [9.17, 15) is 19.2 Å². The molecule has 0 unspecified atom stereocenters. The monoisotopic (exact) mass is 491 g/mol. The number of fused-ring (bicyclic) bond motifs is 1. The Balaban J connectivity index is 1.73. The van der Waals surface area contributed by atoms with E-state index >= 15 is 0 Å². The zero-order chi connectivity index (χ0) is 23.0. The Morgan fingerprint density at radius 3 is 2.38 bits per heavy atom. The summed E-state index contributed by atoms with van der Waals surface area (Å²) in [6.45, 7) is -0.192. The molecule has 2 aromatic carbocycles. The van der Waals surface area contributed by atoms with Crippen molar-refractivity contribution in [2.45, 2.75) is 19.4 Å². The number of hydrogen-bond acceptors (Lipinski definition) is 6. The van der Waals surface area contributed by atoms with E-state index in [0.29, 0.717) is 25.9 Å². The van der Waals surface area contributed by atoms with Gasteiger partial charge in [-0.2, -0.15) is 4.99 Å². The molecule has 1 fully saturated rings. The van der Waals surface area contributed by atoms with Crippen LogP contribution in [0.5, 0.6) is 0 Å². The van der Waals surface area contributed by atoms with Gasteiger partial charge in [0.15, 0.2) is 4.80 Å². The summed E-state index contributed by atoms with van der Waals surface area (Å²) >= 11 is 13.6. The summed E-state index contributed by atoms with van der Waals surface area (Å²) < 4.78 is 6.90. The van der Waals surface area contributed by atoms with Gasteiger partial charge in [0, 0.05) is 23.4 Å². The van der Waals surface area contributed by atoms with Crippen LogP contribution in [-0.2, 0) is 25.7 Å². The minimum Gasteiger partial charge on any atom is -0.468 e. The second kappa shape index (κ2) is 8.85. The minimum absolute atomic E-state index is 0.174. The Labute approximate surface area is 195 Å². The van der Waals surface area contributed by atoms with E-state index in [1.54, 1.807) is 6.07 Å². The molecule has 4 rings (SSSR count). The summed E-state index contributed by atoms with van der Waals surface area (Å²) in [5.41, 5.74) is 1.16.